The third-order valence-corrected chi connectivity index (χ3v) is 4.51. The monoisotopic (exact) mass is 382 g/mol. The van der Waals surface area contributed by atoms with Gasteiger partial charge >= 0.3 is 0 Å². The molecule has 2 aromatic heterocycles. The van der Waals surface area contributed by atoms with Crippen LogP contribution >= 0.6 is 0 Å². The van der Waals surface area contributed by atoms with E-state index >= 15 is 0 Å². The van der Waals surface area contributed by atoms with Crippen LogP contribution in [0.25, 0.3) is 0 Å². The van der Waals surface area contributed by atoms with E-state index in [1.807, 2.05) is 73.1 Å². The molecule has 1 unspecified atom stereocenters. The molecule has 0 spiro atoms. The van der Waals surface area contributed by atoms with Crippen molar-refractivity contribution in [2.45, 2.75) is 19.5 Å². The van der Waals surface area contributed by atoms with Gasteiger partial charge in [0.15, 0.2) is 0 Å². The highest BCUT2D eigenvalue weighted by molar-refractivity contribution is 7.80. The van der Waals surface area contributed by atoms with Crippen LogP contribution in [0.4, 0.5) is 5.69 Å². The van der Waals surface area contributed by atoms with E-state index in [4.69, 9.17) is 4.55 Å². The Kier molecular flexibility index (Phi) is 7.04. The molecule has 0 bridgehead atoms. The van der Waals surface area contributed by atoms with Crippen LogP contribution in [0.15, 0.2) is 73.1 Å². The minimum Gasteiger partial charge on any atom is -0.291 e. The Labute approximate surface area is 161 Å². The van der Waals surface area contributed by atoms with Crippen molar-refractivity contribution in [2.75, 3.05) is 11.3 Å². The first kappa shape index (κ1) is 19.2. The normalized spacial score (nSPS) is 12.1. The number of nitrogens with one attached hydrogen (secondary N) is 1. The predicted octanol–water partition coefficient (Wildman–Crippen LogP) is 3.27. The van der Waals surface area contributed by atoms with Gasteiger partial charge in [0.05, 0.1) is 11.4 Å². The maximum absolute atomic E-state index is 10.8. The first-order valence-corrected chi connectivity index (χ1v) is 9.78. The van der Waals surface area contributed by atoms with Crippen molar-refractivity contribution in [2.24, 2.45) is 0 Å². The van der Waals surface area contributed by atoms with Crippen LogP contribution in [-0.4, -0.2) is 30.2 Å². The van der Waals surface area contributed by atoms with Gasteiger partial charge in [0.2, 0.25) is 0 Å². The highest BCUT2D eigenvalue weighted by Gasteiger charge is 2.09. The zero-order chi connectivity index (χ0) is 18.9. The molecule has 6 nitrogen and oxygen atoms in total. The zero-order valence-corrected chi connectivity index (χ0v) is 15.7. The molecule has 2 N–H and O–H groups in total. The van der Waals surface area contributed by atoms with E-state index in [9.17, 15) is 4.21 Å². The first-order valence-electron chi connectivity index (χ1n) is 8.68. The van der Waals surface area contributed by atoms with Gasteiger partial charge in [-0.25, -0.2) is 4.21 Å². The molecule has 2 heterocycles. The number of aromatic nitrogens is 2. The SMILES string of the molecule is O=S(O)Nc1ccc(CCN(Cc2ccccn2)Cc2ccccn2)cc1. The fourth-order valence-corrected chi connectivity index (χ4v) is 3.12. The molecule has 1 aromatic carbocycles. The summed E-state index contributed by atoms with van der Waals surface area (Å²) in [6.45, 7) is 2.35. The minimum atomic E-state index is -2.05. The van der Waals surface area contributed by atoms with Gasteiger partial charge < -0.3 is 0 Å². The molecule has 0 aliphatic rings. The van der Waals surface area contributed by atoms with Crippen molar-refractivity contribution in [3.05, 3.63) is 90.0 Å². The molecule has 0 fully saturated rings. The first-order chi connectivity index (χ1) is 13.2. The zero-order valence-electron chi connectivity index (χ0n) is 14.9. The van der Waals surface area contributed by atoms with Crippen molar-refractivity contribution in [1.82, 2.24) is 14.9 Å². The molecule has 0 saturated heterocycles. The molecular formula is C20H22N4O2S. The molecule has 0 saturated carbocycles. The number of hydrogen-bond donors (Lipinski definition) is 2. The highest BCUT2D eigenvalue weighted by Crippen LogP contribution is 2.13. The Morgan fingerprint density at radius 3 is 1.96 bits per heavy atom. The van der Waals surface area contributed by atoms with Gasteiger partial charge in [-0.05, 0) is 48.4 Å². The van der Waals surface area contributed by atoms with Crippen LogP contribution in [-0.2, 0) is 30.8 Å². The Morgan fingerprint density at radius 1 is 0.889 bits per heavy atom. The fraction of sp³-hybridized carbons (Fsp3) is 0.200. The smallest absolute Gasteiger partial charge is 0.259 e. The third kappa shape index (κ3) is 6.56. The number of hydrogen-bond acceptors (Lipinski definition) is 4. The molecule has 0 aliphatic carbocycles. The molecule has 3 rings (SSSR count). The topological polar surface area (TPSA) is 78.4 Å². The summed E-state index contributed by atoms with van der Waals surface area (Å²) in [7, 11) is 0. The lowest BCUT2D eigenvalue weighted by molar-refractivity contribution is 0.254. The molecule has 0 amide bonds. The van der Waals surface area contributed by atoms with E-state index in [0.717, 1.165) is 43.0 Å². The largest absolute Gasteiger partial charge is 0.291 e. The lowest BCUT2D eigenvalue weighted by atomic mass is 10.1. The molecular weight excluding hydrogens is 360 g/mol. The second kappa shape index (κ2) is 9.91. The fourth-order valence-electron chi connectivity index (χ4n) is 2.78. The summed E-state index contributed by atoms with van der Waals surface area (Å²) in [6, 6.07) is 19.4. The van der Waals surface area contributed by atoms with Crippen LogP contribution in [0.1, 0.15) is 17.0 Å². The van der Waals surface area contributed by atoms with E-state index in [0.29, 0.717) is 5.69 Å². The maximum Gasteiger partial charge on any atom is 0.259 e. The molecule has 3 aromatic rings. The van der Waals surface area contributed by atoms with Gasteiger partial charge in [0, 0.05) is 37.7 Å². The van der Waals surface area contributed by atoms with Crippen molar-refractivity contribution >= 4 is 17.0 Å². The average Bonchev–Trinajstić information content (AvgIpc) is 2.68. The molecule has 0 aliphatic heterocycles. The summed E-state index contributed by atoms with van der Waals surface area (Å²) in [5, 5.41) is 0. The Morgan fingerprint density at radius 2 is 1.48 bits per heavy atom. The van der Waals surface area contributed by atoms with Gasteiger partial charge in [0.25, 0.3) is 11.3 Å². The van der Waals surface area contributed by atoms with Crippen molar-refractivity contribution in [3.63, 3.8) is 0 Å². The number of pyridine rings is 2. The second-order valence-electron chi connectivity index (χ2n) is 6.15. The predicted molar refractivity (Wildman–Crippen MR) is 107 cm³/mol. The van der Waals surface area contributed by atoms with Gasteiger partial charge in [-0.3, -0.25) is 24.1 Å². The summed E-state index contributed by atoms with van der Waals surface area (Å²) in [5.74, 6) is 0. The van der Waals surface area contributed by atoms with Crippen LogP contribution in [0.5, 0.6) is 0 Å². The van der Waals surface area contributed by atoms with Crippen molar-refractivity contribution in [3.8, 4) is 0 Å². The van der Waals surface area contributed by atoms with Crippen molar-refractivity contribution in [1.29, 1.82) is 0 Å². The minimum absolute atomic E-state index is 0.624. The lowest BCUT2D eigenvalue weighted by Crippen LogP contribution is -2.26. The summed E-state index contributed by atoms with van der Waals surface area (Å²) < 4.78 is 22.1. The molecule has 1 atom stereocenters. The van der Waals surface area contributed by atoms with Gasteiger partial charge in [-0.2, -0.15) is 0 Å². The van der Waals surface area contributed by atoms with E-state index in [2.05, 4.69) is 19.6 Å². The Hall–Kier alpha value is -2.61. The lowest BCUT2D eigenvalue weighted by Gasteiger charge is -2.21. The van der Waals surface area contributed by atoms with Crippen LogP contribution in [0.3, 0.4) is 0 Å². The van der Waals surface area contributed by atoms with E-state index in [-0.39, 0.29) is 0 Å². The maximum atomic E-state index is 10.8. The number of nitrogens with zero attached hydrogens (tertiary/aromatic N) is 3. The summed E-state index contributed by atoms with van der Waals surface area (Å²) in [5.41, 5.74) is 3.84. The van der Waals surface area contributed by atoms with Crippen molar-refractivity contribution < 1.29 is 8.76 Å². The number of rotatable bonds is 9. The standard InChI is InChI=1S/C20H22N4O2S/c25-27(26)23-18-9-7-17(8-10-18)11-14-24(15-19-5-1-3-12-21-19)16-20-6-2-4-13-22-20/h1-10,12-13,23H,11,14-16H2,(H,25,26). The Balaban J connectivity index is 1.64. The highest BCUT2D eigenvalue weighted by atomic mass is 32.2. The van der Waals surface area contributed by atoms with E-state index < -0.39 is 11.3 Å². The van der Waals surface area contributed by atoms with Gasteiger partial charge in [-0.15, -0.1) is 0 Å². The van der Waals surface area contributed by atoms with E-state index in [1.54, 1.807) is 0 Å². The van der Waals surface area contributed by atoms with Crippen LogP contribution < -0.4 is 4.72 Å². The second-order valence-corrected chi connectivity index (χ2v) is 6.85. The van der Waals surface area contributed by atoms with Gasteiger partial charge in [0.1, 0.15) is 0 Å². The van der Waals surface area contributed by atoms with Crippen LogP contribution in [0.2, 0.25) is 0 Å². The average molecular weight is 382 g/mol. The third-order valence-electron chi connectivity index (χ3n) is 4.10. The summed E-state index contributed by atoms with van der Waals surface area (Å²) in [6.07, 6.45) is 4.48. The molecule has 140 valence electrons. The quantitative estimate of drug-likeness (QED) is 0.556. The summed E-state index contributed by atoms with van der Waals surface area (Å²) >= 11 is -2.05. The molecule has 27 heavy (non-hydrogen) atoms. The van der Waals surface area contributed by atoms with E-state index in [1.165, 1.54) is 0 Å². The molecule has 0 radical (unpaired) electrons. The number of benzene rings is 1. The number of anilines is 1. The summed E-state index contributed by atoms with van der Waals surface area (Å²) in [4.78, 5) is 11.2. The Bertz CT molecular complexity index is 803. The molecule has 7 heteroatoms. The van der Waals surface area contributed by atoms with Gasteiger partial charge in [-0.1, -0.05) is 24.3 Å². The van der Waals surface area contributed by atoms with Crippen LogP contribution in [0, 0.1) is 0 Å².